The monoisotopic (exact) mass is 858 g/mol. The Labute approximate surface area is 253 Å². The van der Waals surface area contributed by atoms with Gasteiger partial charge in [-0.15, -0.1) is 0 Å². The Morgan fingerprint density at radius 1 is 1.00 bits per heavy atom. The van der Waals surface area contributed by atoms with Crippen LogP contribution in [0, 0.1) is 11.0 Å². The first-order valence-corrected chi connectivity index (χ1v) is 14.1. The summed E-state index contributed by atoms with van der Waals surface area (Å²) in [5.41, 5.74) is 1.81. The lowest BCUT2D eigenvalue weighted by Crippen LogP contribution is -2.01. The molecule has 0 fully saturated rings. The van der Waals surface area contributed by atoms with Crippen LogP contribution in [0.25, 0.3) is 0 Å². The number of carbonyl (C=O) groups is 1. The van der Waals surface area contributed by atoms with Crippen molar-refractivity contribution in [2.24, 2.45) is 14.1 Å². The number of halogens is 5. The minimum atomic E-state index is -0.789. The second-order valence-corrected chi connectivity index (χ2v) is 10.9. The van der Waals surface area contributed by atoms with E-state index in [1.807, 2.05) is 46.6 Å². The van der Waals surface area contributed by atoms with Crippen molar-refractivity contribution in [1.29, 1.82) is 0 Å². The van der Waals surface area contributed by atoms with Crippen molar-refractivity contribution in [1.82, 2.24) is 39.1 Å². The van der Waals surface area contributed by atoms with Gasteiger partial charge in [-0.1, -0.05) is 23.2 Å². The van der Waals surface area contributed by atoms with Crippen molar-refractivity contribution in [3.8, 4) is 0 Å². The third-order valence-electron chi connectivity index (χ3n) is 4.50. The lowest BCUT2D eigenvalue weighted by Gasteiger charge is -2.07. The molecule has 0 aliphatic carbocycles. The van der Waals surface area contributed by atoms with Crippen LogP contribution in [0.3, 0.4) is 0 Å². The van der Waals surface area contributed by atoms with E-state index < -0.39 is 6.10 Å². The number of carbonyl (C=O) groups excluding carboxylic acids is 1. The van der Waals surface area contributed by atoms with E-state index in [9.17, 15) is 9.90 Å². The van der Waals surface area contributed by atoms with Gasteiger partial charge in [-0.2, -0.15) is 20.4 Å². The molecule has 0 aromatic carbocycles. The molecule has 35 heavy (non-hydrogen) atoms. The van der Waals surface area contributed by atoms with Gasteiger partial charge in [0.15, 0.2) is 6.29 Å². The molecule has 1 atom stereocenters. The Balaban J connectivity index is 0.000000204. The lowest BCUT2D eigenvalue weighted by atomic mass is 10.1. The number of aliphatic hydroxyl groups is 1. The SMILES string of the molecule is CCn1cc(I)cn1.CCn1nc(I)c(C(O)c2cnn(C)c2)c1Cl.Cn1nc(I)c(C=O)c1Cl. The quantitative estimate of drug-likeness (QED) is 0.225. The summed E-state index contributed by atoms with van der Waals surface area (Å²) in [4.78, 5) is 10.3. The van der Waals surface area contributed by atoms with Crippen LogP contribution < -0.4 is 0 Å². The largest absolute Gasteiger partial charge is 0.383 e. The van der Waals surface area contributed by atoms with Crippen molar-refractivity contribution in [2.75, 3.05) is 0 Å². The van der Waals surface area contributed by atoms with E-state index in [2.05, 4.69) is 72.5 Å². The molecule has 0 spiro atoms. The van der Waals surface area contributed by atoms with Gasteiger partial charge in [0.25, 0.3) is 0 Å². The van der Waals surface area contributed by atoms with Crippen LogP contribution >= 0.6 is 91.0 Å². The number of aliphatic hydroxyl groups excluding tert-OH is 1. The minimum Gasteiger partial charge on any atom is -0.383 e. The number of hydrogen-bond acceptors (Lipinski definition) is 6. The molecule has 0 aliphatic rings. The molecule has 1 N–H and O–H groups in total. The van der Waals surface area contributed by atoms with Crippen LogP contribution in [-0.2, 0) is 27.2 Å². The average molecular weight is 859 g/mol. The smallest absolute Gasteiger partial charge is 0.155 e. The Kier molecular flexibility index (Phi) is 12.4. The Bertz CT molecular complexity index is 1270. The number of hydrogen-bond donors (Lipinski definition) is 1. The molecular weight excluding hydrogens is 836 g/mol. The fourth-order valence-electron chi connectivity index (χ4n) is 2.71. The van der Waals surface area contributed by atoms with Crippen molar-refractivity contribution in [3.05, 3.63) is 62.8 Å². The second kappa shape index (κ2) is 14.3. The summed E-state index contributed by atoms with van der Waals surface area (Å²) in [6.45, 7) is 5.66. The van der Waals surface area contributed by atoms with E-state index in [1.165, 1.54) is 8.25 Å². The van der Waals surface area contributed by atoms with Crippen LogP contribution in [0.1, 0.15) is 41.4 Å². The third-order valence-corrected chi connectivity index (χ3v) is 7.50. The van der Waals surface area contributed by atoms with Gasteiger partial charge in [-0.3, -0.25) is 23.5 Å². The molecule has 190 valence electrons. The maximum absolute atomic E-state index is 10.3. The van der Waals surface area contributed by atoms with Gasteiger partial charge in [0.2, 0.25) is 0 Å². The van der Waals surface area contributed by atoms with Crippen LogP contribution in [0.4, 0.5) is 0 Å². The molecule has 4 aromatic heterocycles. The Morgan fingerprint density at radius 3 is 2.03 bits per heavy atom. The molecule has 0 aliphatic heterocycles. The van der Waals surface area contributed by atoms with E-state index in [0.29, 0.717) is 47.2 Å². The van der Waals surface area contributed by atoms with E-state index in [-0.39, 0.29) is 0 Å². The summed E-state index contributed by atoms with van der Waals surface area (Å²) >= 11 is 18.1. The zero-order chi connectivity index (χ0) is 26.3. The summed E-state index contributed by atoms with van der Waals surface area (Å²) < 4.78 is 9.23. The van der Waals surface area contributed by atoms with Gasteiger partial charge < -0.3 is 5.11 Å². The van der Waals surface area contributed by atoms with Crippen molar-refractivity contribution in [2.45, 2.75) is 33.0 Å². The topological polar surface area (TPSA) is 109 Å². The molecule has 4 rings (SSSR count). The molecule has 15 heteroatoms. The standard InChI is InChI=1S/C10H12ClIN4O.C5H4ClIN2O.C5H7IN2/c1-3-16-9(11)7(10(12)14-16)8(17)6-4-13-15(2)5-6;1-9-4(6)3(2-10)5(7)8-9;1-2-8-4-5(6)3-7-8/h4-5,8,17H,3H2,1-2H3;2H,1H3;3-4H,2H2,1H3. The van der Waals surface area contributed by atoms with E-state index >= 15 is 0 Å². The molecule has 0 bridgehead atoms. The van der Waals surface area contributed by atoms with Crippen LogP contribution in [0.15, 0.2) is 24.8 Å². The van der Waals surface area contributed by atoms with E-state index in [0.717, 1.165) is 6.54 Å². The highest BCUT2D eigenvalue weighted by Crippen LogP contribution is 2.31. The second-order valence-electron chi connectivity index (χ2n) is 6.91. The number of aromatic nitrogens is 8. The van der Waals surface area contributed by atoms with Crippen molar-refractivity contribution < 1.29 is 9.90 Å². The average Bonchev–Trinajstić information content (AvgIpc) is 3.57. The highest BCUT2D eigenvalue weighted by atomic mass is 127. The summed E-state index contributed by atoms with van der Waals surface area (Å²) in [6.07, 6.45) is 7.17. The van der Waals surface area contributed by atoms with Gasteiger partial charge in [0.05, 0.1) is 27.1 Å². The third kappa shape index (κ3) is 8.11. The van der Waals surface area contributed by atoms with Crippen LogP contribution in [-0.4, -0.2) is 50.5 Å². The molecule has 10 nitrogen and oxygen atoms in total. The molecule has 1 unspecified atom stereocenters. The van der Waals surface area contributed by atoms with Gasteiger partial charge in [0.1, 0.15) is 23.8 Å². The molecule has 0 saturated carbocycles. The molecular formula is C20H23Cl2I3N8O2. The van der Waals surface area contributed by atoms with Gasteiger partial charge in [-0.05, 0) is 81.6 Å². The Morgan fingerprint density at radius 2 is 1.69 bits per heavy atom. The predicted molar refractivity (Wildman–Crippen MR) is 160 cm³/mol. The number of aryl methyl sites for hydroxylation is 4. The Hall–Kier alpha value is -0.760. The minimum absolute atomic E-state index is 0.388. The highest BCUT2D eigenvalue weighted by Gasteiger charge is 2.23. The molecule has 0 radical (unpaired) electrons. The van der Waals surface area contributed by atoms with Crippen LogP contribution in [0.2, 0.25) is 10.3 Å². The zero-order valence-corrected chi connectivity index (χ0v) is 27.2. The fraction of sp³-hybridized carbons (Fsp3) is 0.350. The first kappa shape index (κ1) is 30.5. The summed E-state index contributed by atoms with van der Waals surface area (Å²) in [5.74, 6) is 0. The summed E-state index contributed by atoms with van der Waals surface area (Å²) in [7, 11) is 3.50. The maximum Gasteiger partial charge on any atom is 0.155 e. The van der Waals surface area contributed by atoms with E-state index in [1.54, 1.807) is 35.9 Å². The molecule has 4 aromatic rings. The highest BCUT2D eigenvalue weighted by molar-refractivity contribution is 14.1. The number of rotatable bonds is 5. The lowest BCUT2D eigenvalue weighted by molar-refractivity contribution is 0.112. The normalized spacial score (nSPS) is 11.4. The predicted octanol–water partition coefficient (Wildman–Crippen LogP) is 4.97. The maximum atomic E-state index is 10.3. The molecule has 4 heterocycles. The molecule has 0 saturated heterocycles. The molecule has 0 amide bonds. The van der Waals surface area contributed by atoms with Crippen molar-refractivity contribution in [3.63, 3.8) is 0 Å². The van der Waals surface area contributed by atoms with Gasteiger partial charge in [-0.25, -0.2) is 0 Å². The zero-order valence-electron chi connectivity index (χ0n) is 19.2. The van der Waals surface area contributed by atoms with Gasteiger partial charge in [0, 0.05) is 45.1 Å². The van der Waals surface area contributed by atoms with Crippen LogP contribution in [0.5, 0.6) is 0 Å². The fourth-order valence-corrected chi connectivity index (χ4v) is 5.51. The number of aldehydes is 1. The van der Waals surface area contributed by atoms with Crippen molar-refractivity contribution >= 4 is 97.3 Å². The first-order valence-electron chi connectivity index (χ1n) is 10.1. The number of nitrogens with zero attached hydrogens (tertiary/aromatic N) is 8. The van der Waals surface area contributed by atoms with E-state index in [4.69, 9.17) is 23.2 Å². The van der Waals surface area contributed by atoms with Gasteiger partial charge >= 0.3 is 0 Å². The summed E-state index contributed by atoms with van der Waals surface area (Å²) in [6, 6.07) is 0. The first-order chi connectivity index (χ1) is 16.5. The summed E-state index contributed by atoms with van der Waals surface area (Å²) in [5, 5.41) is 27.4.